The third-order valence-electron chi connectivity index (χ3n) is 3.45. The molecule has 0 saturated heterocycles. The van der Waals surface area contributed by atoms with Crippen molar-refractivity contribution in [3.8, 4) is 0 Å². The van der Waals surface area contributed by atoms with Crippen molar-refractivity contribution < 1.29 is 14.7 Å². The number of benzene rings is 1. The number of amides is 2. The maximum Gasteiger partial charge on any atom is 0.335 e. The van der Waals surface area contributed by atoms with Crippen molar-refractivity contribution in [1.82, 2.24) is 4.90 Å². The summed E-state index contributed by atoms with van der Waals surface area (Å²) in [5, 5.41) is 11.8. The Labute approximate surface area is 117 Å². The van der Waals surface area contributed by atoms with E-state index in [2.05, 4.69) is 12.2 Å². The van der Waals surface area contributed by atoms with E-state index < -0.39 is 5.97 Å². The smallest absolute Gasteiger partial charge is 0.335 e. The van der Waals surface area contributed by atoms with Gasteiger partial charge in [-0.15, -0.1) is 0 Å². The molecule has 2 N–H and O–H groups in total. The number of aryl methyl sites for hydroxylation is 1. The number of aromatic carboxylic acids is 1. The number of urea groups is 1. The second-order valence-electron chi connectivity index (χ2n) is 5.01. The molecular weight excluding hydrogens is 256 g/mol. The Morgan fingerprint density at radius 3 is 2.65 bits per heavy atom. The van der Waals surface area contributed by atoms with Crippen LogP contribution in [0.4, 0.5) is 10.5 Å². The van der Waals surface area contributed by atoms with Gasteiger partial charge in [-0.05, 0) is 38.0 Å². The third kappa shape index (κ3) is 3.17. The van der Waals surface area contributed by atoms with Crippen LogP contribution in [0.2, 0.25) is 0 Å². The lowest BCUT2D eigenvalue weighted by atomic mass is 10.1. The average Bonchev–Trinajstić information content (AvgIpc) is 2.41. The van der Waals surface area contributed by atoms with E-state index in [1.807, 2.05) is 13.0 Å². The van der Waals surface area contributed by atoms with Gasteiger partial charge in [-0.25, -0.2) is 9.59 Å². The summed E-state index contributed by atoms with van der Waals surface area (Å²) in [5.74, 6) is -1.00. The number of carbonyl (C=O) groups is 2. The van der Waals surface area contributed by atoms with Crippen LogP contribution < -0.4 is 5.32 Å². The molecule has 5 heteroatoms. The molecule has 2 amide bonds. The van der Waals surface area contributed by atoms with Gasteiger partial charge < -0.3 is 15.3 Å². The summed E-state index contributed by atoms with van der Waals surface area (Å²) < 4.78 is 0. The summed E-state index contributed by atoms with van der Waals surface area (Å²) in [6, 6.07) is 4.51. The number of anilines is 1. The van der Waals surface area contributed by atoms with E-state index in [-0.39, 0.29) is 11.6 Å². The Balaban J connectivity index is 2.11. The van der Waals surface area contributed by atoms with Crippen molar-refractivity contribution in [3.05, 3.63) is 41.0 Å². The number of carboxylic acids is 1. The van der Waals surface area contributed by atoms with Gasteiger partial charge in [-0.3, -0.25) is 0 Å². The summed E-state index contributed by atoms with van der Waals surface area (Å²) in [6.45, 7) is 5.17. The highest BCUT2D eigenvalue weighted by Crippen LogP contribution is 2.18. The van der Waals surface area contributed by atoms with Crippen molar-refractivity contribution >= 4 is 17.7 Å². The van der Waals surface area contributed by atoms with Gasteiger partial charge in [0.1, 0.15) is 0 Å². The zero-order valence-corrected chi connectivity index (χ0v) is 11.6. The van der Waals surface area contributed by atoms with Gasteiger partial charge in [0.05, 0.1) is 5.56 Å². The van der Waals surface area contributed by atoms with Crippen LogP contribution in [-0.4, -0.2) is 35.1 Å². The molecule has 1 aromatic carbocycles. The molecule has 0 unspecified atom stereocenters. The van der Waals surface area contributed by atoms with Crippen molar-refractivity contribution in [1.29, 1.82) is 0 Å². The van der Waals surface area contributed by atoms with Crippen molar-refractivity contribution in [3.63, 3.8) is 0 Å². The minimum Gasteiger partial charge on any atom is -0.478 e. The van der Waals surface area contributed by atoms with Crippen LogP contribution in [0, 0.1) is 6.92 Å². The fraction of sp³-hybridized carbons (Fsp3) is 0.333. The molecule has 2 rings (SSSR count). The van der Waals surface area contributed by atoms with Gasteiger partial charge in [-0.1, -0.05) is 17.7 Å². The highest BCUT2D eigenvalue weighted by Gasteiger charge is 2.17. The fourth-order valence-corrected chi connectivity index (χ4v) is 2.04. The Bertz CT molecular complexity index is 578. The van der Waals surface area contributed by atoms with Gasteiger partial charge >= 0.3 is 12.0 Å². The first-order chi connectivity index (χ1) is 9.47. The molecule has 0 fully saturated rings. The van der Waals surface area contributed by atoms with E-state index in [4.69, 9.17) is 5.11 Å². The SMILES string of the molecule is CC1=CCN(C(=O)Nc2cc(C(=O)O)ccc2C)CC1. The molecule has 1 aromatic rings. The van der Waals surface area contributed by atoms with Crippen LogP contribution in [0.5, 0.6) is 0 Å². The van der Waals surface area contributed by atoms with E-state index in [9.17, 15) is 9.59 Å². The number of nitrogens with one attached hydrogen (secondary N) is 1. The minimum absolute atomic E-state index is 0.167. The lowest BCUT2D eigenvalue weighted by Gasteiger charge is -2.26. The van der Waals surface area contributed by atoms with Crippen LogP contribution in [-0.2, 0) is 0 Å². The molecule has 0 atom stereocenters. The highest BCUT2D eigenvalue weighted by atomic mass is 16.4. The largest absolute Gasteiger partial charge is 0.478 e. The maximum absolute atomic E-state index is 12.1. The fourth-order valence-electron chi connectivity index (χ4n) is 2.04. The van der Waals surface area contributed by atoms with Gasteiger partial charge in [0, 0.05) is 18.8 Å². The van der Waals surface area contributed by atoms with Gasteiger partial charge in [-0.2, -0.15) is 0 Å². The predicted octanol–water partition coefficient (Wildman–Crippen LogP) is 2.88. The first kappa shape index (κ1) is 14.1. The second kappa shape index (κ2) is 5.77. The quantitative estimate of drug-likeness (QED) is 0.815. The Morgan fingerprint density at radius 2 is 2.05 bits per heavy atom. The highest BCUT2D eigenvalue weighted by molar-refractivity contribution is 5.94. The van der Waals surface area contributed by atoms with E-state index in [0.717, 1.165) is 12.0 Å². The molecule has 1 heterocycles. The third-order valence-corrected chi connectivity index (χ3v) is 3.45. The first-order valence-electron chi connectivity index (χ1n) is 6.53. The Morgan fingerprint density at radius 1 is 1.30 bits per heavy atom. The molecule has 0 saturated carbocycles. The normalized spacial score (nSPS) is 14.7. The van der Waals surface area contributed by atoms with Crippen LogP contribution in [0.1, 0.15) is 29.3 Å². The lowest BCUT2D eigenvalue weighted by molar-refractivity contribution is 0.0697. The molecule has 0 radical (unpaired) electrons. The van der Waals surface area contributed by atoms with Crippen LogP contribution in [0.3, 0.4) is 0 Å². The van der Waals surface area contributed by atoms with Crippen LogP contribution >= 0.6 is 0 Å². The number of hydrogen-bond acceptors (Lipinski definition) is 2. The Kier molecular flexibility index (Phi) is 4.08. The predicted molar refractivity (Wildman–Crippen MR) is 77.1 cm³/mol. The molecular formula is C15H18N2O3. The monoisotopic (exact) mass is 274 g/mol. The van der Waals surface area contributed by atoms with Crippen LogP contribution in [0.25, 0.3) is 0 Å². The van der Waals surface area contributed by atoms with Crippen LogP contribution in [0.15, 0.2) is 29.8 Å². The minimum atomic E-state index is -1.00. The first-order valence-corrected chi connectivity index (χ1v) is 6.53. The van der Waals surface area contributed by atoms with E-state index >= 15 is 0 Å². The van der Waals surface area contributed by atoms with Crippen molar-refractivity contribution in [2.45, 2.75) is 20.3 Å². The average molecular weight is 274 g/mol. The van der Waals surface area contributed by atoms with Crippen molar-refractivity contribution in [2.24, 2.45) is 0 Å². The van der Waals surface area contributed by atoms with E-state index in [1.54, 1.807) is 11.0 Å². The second-order valence-corrected chi connectivity index (χ2v) is 5.01. The zero-order chi connectivity index (χ0) is 14.7. The lowest BCUT2D eigenvalue weighted by Crippen LogP contribution is -2.38. The molecule has 0 bridgehead atoms. The summed E-state index contributed by atoms with van der Waals surface area (Å²) in [5.41, 5.74) is 2.84. The molecule has 5 nitrogen and oxygen atoms in total. The molecule has 0 aliphatic carbocycles. The zero-order valence-electron chi connectivity index (χ0n) is 11.6. The maximum atomic E-state index is 12.1. The van der Waals surface area contributed by atoms with Gasteiger partial charge in [0.25, 0.3) is 0 Å². The Hall–Kier alpha value is -2.30. The molecule has 0 aromatic heterocycles. The summed E-state index contributed by atoms with van der Waals surface area (Å²) in [7, 11) is 0. The van der Waals surface area contributed by atoms with E-state index in [1.165, 1.54) is 17.7 Å². The molecule has 106 valence electrons. The summed E-state index contributed by atoms with van der Waals surface area (Å²) >= 11 is 0. The standard InChI is InChI=1S/C15H18N2O3/c1-10-5-7-17(8-6-10)15(20)16-13-9-12(14(18)19)4-3-11(13)2/h3-5,9H,6-8H2,1-2H3,(H,16,20)(H,18,19). The topological polar surface area (TPSA) is 69.6 Å². The molecule has 1 aliphatic rings. The summed E-state index contributed by atoms with van der Waals surface area (Å²) in [6.07, 6.45) is 2.91. The number of rotatable bonds is 2. The molecule has 0 spiro atoms. The van der Waals surface area contributed by atoms with Gasteiger partial charge in [0.2, 0.25) is 0 Å². The van der Waals surface area contributed by atoms with E-state index in [0.29, 0.717) is 18.8 Å². The molecule has 1 aliphatic heterocycles. The van der Waals surface area contributed by atoms with Crippen molar-refractivity contribution in [2.75, 3.05) is 18.4 Å². The summed E-state index contributed by atoms with van der Waals surface area (Å²) in [4.78, 5) is 24.8. The number of carboxylic acid groups (broad SMARTS) is 1. The van der Waals surface area contributed by atoms with Gasteiger partial charge in [0.15, 0.2) is 0 Å². The number of carbonyl (C=O) groups excluding carboxylic acids is 1. The number of nitrogens with zero attached hydrogens (tertiary/aromatic N) is 1. The number of hydrogen-bond donors (Lipinski definition) is 2. The molecule has 20 heavy (non-hydrogen) atoms.